The highest BCUT2D eigenvalue weighted by Gasteiger charge is 2.20. The summed E-state index contributed by atoms with van der Waals surface area (Å²) in [7, 11) is 0. The highest BCUT2D eigenvalue weighted by atomic mass is 16.1. The van der Waals surface area contributed by atoms with E-state index in [1.165, 1.54) is 186 Å². The van der Waals surface area contributed by atoms with Gasteiger partial charge in [-0.15, -0.1) is 0 Å². The molecule has 0 bridgehead atoms. The summed E-state index contributed by atoms with van der Waals surface area (Å²) in [4.78, 5) is 12.1. The minimum Gasteiger partial charge on any atom is -0.356 e. The van der Waals surface area contributed by atoms with Crippen LogP contribution in [0.4, 0.5) is 0 Å². The van der Waals surface area contributed by atoms with E-state index < -0.39 is 0 Å². The first kappa shape index (κ1) is 43.2. The SMILES string of the molecule is CCCCC/C=C/CCC(CCCCCCNC(=O)CCCCCCC)C(CCCCCCCC)CCCCCCCCC. The highest BCUT2D eigenvalue weighted by Crippen LogP contribution is 2.33. The minimum atomic E-state index is 0.271. The van der Waals surface area contributed by atoms with E-state index in [9.17, 15) is 4.79 Å². The molecule has 2 atom stereocenters. The molecule has 0 saturated heterocycles. The third-order valence-corrected chi connectivity index (χ3v) is 9.95. The molecule has 0 aliphatic rings. The van der Waals surface area contributed by atoms with Crippen molar-refractivity contribution in [1.29, 1.82) is 0 Å². The molecule has 0 heterocycles. The molecule has 2 unspecified atom stereocenters. The van der Waals surface area contributed by atoms with Crippen molar-refractivity contribution >= 4 is 5.91 Å². The molecule has 0 fully saturated rings. The van der Waals surface area contributed by atoms with Crippen molar-refractivity contribution in [1.82, 2.24) is 5.32 Å². The van der Waals surface area contributed by atoms with Crippen molar-refractivity contribution in [3.63, 3.8) is 0 Å². The zero-order valence-electron chi connectivity index (χ0n) is 31.1. The Kier molecular flexibility index (Phi) is 36.0. The number of rotatable bonds is 36. The van der Waals surface area contributed by atoms with Crippen molar-refractivity contribution in [2.45, 2.75) is 233 Å². The summed E-state index contributed by atoms with van der Waals surface area (Å²) in [6, 6.07) is 0. The molecule has 0 aromatic rings. The number of hydrogen-bond donors (Lipinski definition) is 1. The predicted molar refractivity (Wildman–Crippen MR) is 200 cm³/mol. The number of nitrogens with one attached hydrogen (secondary N) is 1. The first-order chi connectivity index (χ1) is 21.7. The zero-order valence-corrected chi connectivity index (χ0v) is 31.1. The van der Waals surface area contributed by atoms with E-state index in [-0.39, 0.29) is 5.91 Å². The topological polar surface area (TPSA) is 29.1 Å². The third kappa shape index (κ3) is 31.2. The number of hydrogen-bond acceptors (Lipinski definition) is 1. The molecule has 1 amide bonds. The summed E-state index contributed by atoms with van der Waals surface area (Å²) >= 11 is 0. The number of allylic oxidation sites excluding steroid dienone is 2. The molecule has 0 aliphatic carbocycles. The number of unbranched alkanes of at least 4 members (excludes halogenated alkanes) is 21. The normalized spacial score (nSPS) is 13.1. The van der Waals surface area contributed by atoms with E-state index in [1.54, 1.807) is 0 Å². The standard InChI is InChI=1S/C42H83NO/c1-5-9-13-17-20-24-29-35-40(34-28-23-19-15-11-7-3)41(36-30-25-21-18-14-10-6-2)37-31-26-27-33-39-43-42(44)38-32-22-16-12-8-4/h21,25,40-41H,5-20,22-24,26-39H2,1-4H3,(H,43,44)/b25-21+. The van der Waals surface area contributed by atoms with Gasteiger partial charge in [0.2, 0.25) is 5.91 Å². The molecule has 2 heteroatoms. The summed E-state index contributed by atoms with van der Waals surface area (Å²) in [5.74, 6) is 2.10. The first-order valence-corrected chi connectivity index (χ1v) is 20.6. The van der Waals surface area contributed by atoms with E-state index in [2.05, 4.69) is 45.2 Å². The largest absolute Gasteiger partial charge is 0.356 e. The van der Waals surface area contributed by atoms with Gasteiger partial charge in [-0.3, -0.25) is 4.79 Å². The predicted octanol–water partition coefficient (Wildman–Crippen LogP) is 14.5. The molecule has 0 aliphatic heterocycles. The summed E-state index contributed by atoms with van der Waals surface area (Å²) in [5, 5.41) is 3.18. The number of carbonyl (C=O) groups is 1. The lowest BCUT2D eigenvalue weighted by Gasteiger charge is -2.28. The lowest BCUT2D eigenvalue weighted by Crippen LogP contribution is -2.23. The molecule has 0 spiro atoms. The lowest BCUT2D eigenvalue weighted by atomic mass is 9.78. The van der Waals surface area contributed by atoms with Crippen molar-refractivity contribution in [3.05, 3.63) is 12.2 Å². The molecule has 44 heavy (non-hydrogen) atoms. The van der Waals surface area contributed by atoms with Crippen LogP contribution in [0.5, 0.6) is 0 Å². The third-order valence-electron chi connectivity index (χ3n) is 9.95. The van der Waals surface area contributed by atoms with E-state index in [0.717, 1.165) is 37.6 Å². The number of carbonyl (C=O) groups excluding carboxylic acids is 1. The van der Waals surface area contributed by atoms with Crippen LogP contribution in [0.3, 0.4) is 0 Å². The Balaban J connectivity index is 4.73. The fourth-order valence-electron chi connectivity index (χ4n) is 6.93. The Morgan fingerprint density at radius 2 is 0.818 bits per heavy atom. The molecular formula is C42H83NO. The molecule has 2 nitrogen and oxygen atoms in total. The van der Waals surface area contributed by atoms with Crippen molar-refractivity contribution in [2.24, 2.45) is 11.8 Å². The fourth-order valence-corrected chi connectivity index (χ4v) is 6.93. The Labute approximate surface area is 279 Å². The van der Waals surface area contributed by atoms with Crippen LogP contribution in [0.1, 0.15) is 233 Å². The molecule has 0 rings (SSSR count). The second-order valence-electron chi connectivity index (χ2n) is 14.2. The van der Waals surface area contributed by atoms with Gasteiger partial charge >= 0.3 is 0 Å². The Morgan fingerprint density at radius 3 is 1.34 bits per heavy atom. The van der Waals surface area contributed by atoms with Crippen LogP contribution >= 0.6 is 0 Å². The molecule has 262 valence electrons. The fraction of sp³-hybridized carbons (Fsp3) is 0.929. The van der Waals surface area contributed by atoms with Crippen molar-refractivity contribution in [2.75, 3.05) is 6.54 Å². The maximum atomic E-state index is 12.1. The van der Waals surface area contributed by atoms with Gasteiger partial charge in [0, 0.05) is 13.0 Å². The van der Waals surface area contributed by atoms with Gasteiger partial charge in [0.15, 0.2) is 0 Å². The maximum Gasteiger partial charge on any atom is 0.219 e. The van der Waals surface area contributed by atoms with Crippen LogP contribution < -0.4 is 5.32 Å². The van der Waals surface area contributed by atoms with E-state index in [0.29, 0.717) is 0 Å². The molecule has 1 N–H and O–H groups in total. The number of amides is 1. The highest BCUT2D eigenvalue weighted by molar-refractivity contribution is 5.75. The van der Waals surface area contributed by atoms with Gasteiger partial charge in [-0.2, -0.15) is 0 Å². The Bertz CT molecular complexity index is 584. The van der Waals surface area contributed by atoms with Gasteiger partial charge in [0.05, 0.1) is 0 Å². The monoisotopic (exact) mass is 618 g/mol. The molecule has 0 aromatic heterocycles. The van der Waals surface area contributed by atoms with Gasteiger partial charge in [-0.25, -0.2) is 0 Å². The van der Waals surface area contributed by atoms with E-state index in [4.69, 9.17) is 0 Å². The summed E-state index contributed by atoms with van der Waals surface area (Å²) in [6.07, 6.45) is 47.8. The van der Waals surface area contributed by atoms with Crippen LogP contribution in [0.15, 0.2) is 12.2 Å². The van der Waals surface area contributed by atoms with E-state index >= 15 is 0 Å². The maximum absolute atomic E-state index is 12.1. The average molecular weight is 618 g/mol. The van der Waals surface area contributed by atoms with Gasteiger partial charge in [0.1, 0.15) is 0 Å². The molecule has 0 saturated carbocycles. The smallest absolute Gasteiger partial charge is 0.219 e. The Morgan fingerprint density at radius 1 is 0.432 bits per heavy atom. The molecule has 0 aromatic carbocycles. The van der Waals surface area contributed by atoms with Gasteiger partial charge in [0.25, 0.3) is 0 Å². The minimum absolute atomic E-state index is 0.271. The summed E-state index contributed by atoms with van der Waals surface area (Å²) in [6.45, 7) is 10.1. The second kappa shape index (κ2) is 36.7. The zero-order chi connectivity index (χ0) is 32.2. The van der Waals surface area contributed by atoms with Crippen LogP contribution in [0, 0.1) is 11.8 Å². The van der Waals surface area contributed by atoms with E-state index in [1.807, 2.05) is 0 Å². The average Bonchev–Trinajstić information content (AvgIpc) is 3.03. The second-order valence-corrected chi connectivity index (χ2v) is 14.2. The molecular weight excluding hydrogens is 534 g/mol. The van der Waals surface area contributed by atoms with Gasteiger partial charge < -0.3 is 5.32 Å². The lowest BCUT2D eigenvalue weighted by molar-refractivity contribution is -0.121. The van der Waals surface area contributed by atoms with Gasteiger partial charge in [-0.1, -0.05) is 200 Å². The van der Waals surface area contributed by atoms with Crippen molar-refractivity contribution in [3.8, 4) is 0 Å². The van der Waals surface area contributed by atoms with Crippen LogP contribution in [0.2, 0.25) is 0 Å². The van der Waals surface area contributed by atoms with Crippen LogP contribution in [0.25, 0.3) is 0 Å². The van der Waals surface area contributed by atoms with Gasteiger partial charge in [-0.05, 0) is 50.4 Å². The first-order valence-electron chi connectivity index (χ1n) is 20.6. The quantitative estimate of drug-likeness (QED) is 0.0550. The van der Waals surface area contributed by atoms with Crippen LogP contribution in [-0.2, 0) is 4.79 Å². The van der Waals surface area contributed by atoms with Crippen molar-refractivity contribution < 1.29 is 4.79 Å². The Hall–Kier alpha value is -0.790. The summed E-state index contributed by atoms with van der Waals surface area (Å²) in [5.41, 5.74) is 0. The summed E-state index contributed by atoms with van der Waals surface area (Å²) < 4.78 is 0. The molecule has 0 radical (unpaired) electrons. The van der Waals surface area contributed by atoms with Crippen LogP contribution in [-0.4, -0.2) is 12.5 Å².